The molecule has 0 aliphatic heterocycles. The summed E-state index contributed by atoms with van der Waals surface area (Å²) in [7, 11) is 0. The minimum atomic E-state index is 1.11. The van der Waals surface area contributed by atoms with Gasteiger partial charge in [0.25, 0.3) is 0 Å². The summed E-state index contributed by atoms with van der Waals surface area (Å²) in [6, 6.07) is 6.18. The zero-order valence-corrected chi connectivity index (χ0v) is 8.57. The van der Waals surface area contributed by atoms with Gasteiger partial charge in [-0.1, -0.05) is 32.0 Å². The van der Waals surface area contributed by atoms with Crippen LogP contribution in [0.2, 0.25) is 0 Å². The molecule has 62 valence electrons. The highest BCUT2D eigenvalue weighted by Crippen LogP contribution is 2.16. The largest absolute Gasteiger partial charge is 0.143 e. The summed E-state index contributed by atoms with van der Waals surface area (Å²) in [6.45, 7) is 8.13. The van der Waals surface area contributed by atoms with E-state index in [0.29, 0.717) is 0 Å². The lowest BCUT2D eigenvalue weighted by molar-refractivity contribution is 1.23. The first-order valence-electron chi connectivity index (χ1n) is 3.97. The van der Waals surface area contributed by atoms with E-state index in [-0.39, 0.29) is 0 Å². The quantitative estimate of drug-likeness (QED) is 0.562. The third-order valence-corrected chi connectivity index (χ3v) is 2.14. The maximum absolute atomic E-state index is 4.31. The molecule has 0 atom stereocenters. The topological polar surface area (TPSA) is 0 Å². The molecule has 0 aromatic heterocycles. The molecule has 0 aliphatic rings. The molecule has 1 heteroatoms. The molecule has 0 heterocycles. The number of rotatable bonds is 0. The average molecular weight is 168 g/mol. The summed E-state index contributed by atoms with van der Waals surface area (Å²) in [5, 5.41) is 0. The Morgan fingerprint density at radius 2 is 1.36 bits per heavy atom. The second-order valence-electron chi connectivity index (χ2n) is 2.24. The van der Waals surface area contributed by atoms with E-state index in [9.17, 15) is 0 Å². The predicted molar refractivity (Wildman–Crippen MR) is 54.5 cm³/mol. The van der Waals surface area contributed by atoms with Gasteiger partial charge in [-0.2, -0.15) is 0 Å². The summed E-state index contributed by atoms with van der Waals surface area (Å²) >= 11 is 4.31. The van der Waals surface area contributed by atoms with Gasteiger partial charge in [-0.15, -0.1) is 12.6 Å². The van der Waals surface area contributed by atoms with Crippen LogP contribution in [0.1, 0.15) is 25.0 Å². The molecule has 0 saturated carbocycles. The molecule has 0 radical (unpaired) electrons. The molecule has 0 nitrogen and oxygen atoms in total. The van der Waals surface area contributed by atoms with Gasteiger partial charge >= 0.3 is 0 Å². The van der Waals surface area contributed by atoms with Crippen molar-refractivity contribution in [2.75, 3.05) is 0 Å². The van der Waals surface area contributed by atoms with Crippen LogP contribution in [0, 0.1) is 13.8 Å². The summed E-state index contributed by atoms with van der Waals surface area (Å²) in [5.74, 6) is 0. The first-order chi connectivity index (χ1) is 5.22. The van der Waals surface area contributed by atoms with E-state index in [1.54, 1.807) is 0 Å². The predicted octanol–water partition coefficient (Wildman–Crippen LogP) is 3.62. The van der Waals surface area contributed by atoms with Crippen molar-refractivity contribution in [1.82, 2.24) is 0 Å². The minimum absolute atomic E-state index is 1.11. The van der Waals surface area contributed by atoms with Gasteiger partial charge in [0.2, 0.25) is 0 Å². The highest BCUT2D eigenvalue weighted by Gasteiger charge is 1.92. The van der Waals surface area contributed by atoms with Gasteiger partial charge in [-0.3, -0.25) is 0 Å². The lowest BCUT2D eigenvalue weighted by atomic mass is 10.2. The van der Waals surface area contributed by atoms with Crippen molar-refractivity contribution in [2.24, 2.45) is 0 Å². The molecule has 0 saturated heterocycles. The van der Waals surface area contributed by atoms with Crippen LogP contribution in [0.5, 0.6) is 0 Å². The van der Waals surface area contributed by atoms with Crippen LogP contribution in [0.15, 0.2) is 23.1 Å². The first-order valence-corrected chi connectivity index (χ1v) is 4.41. The molecule has 0 unspecified atom stereocenters. The molecule has 0 spiro atoms. The fourth-order valence-electron chi connectivity index (χ4n) is 0.806. The van der Waals surface area contributed by atoms with Crippen LogP contribution in [-0.4, -0.2) is 0 Å². The molecular weight excluding hydrogens is 152 g/mol. The Kier molecular flexibility index (Phi) is 5.05. The second-order valence-corrected chi connectivity index (χ2v) is 2.69. The van der Waals surface area contributed by atoms with Crippen molar-refractivity contribution in [2.45, 2.75) is 32.6 Å². The SMILES string of the molecule is CC.Cc1cccc(C)c1S. The summed E-state index contributed by atoms with van der Waals surface area (Å²) in [4.78, 5) is 1.11. The molecule has 1 aromatic carbocycles. The van der Waals surface area contributed by atoms with E-state index in [0.717, 1.165) is 4.90 Å². The van der Waals surface area contributed by atoms with E-state index >= 15 is 0 Å². The highest BCUT2D eigenvalue weighted by molar-refractivity contribution is 7.80. The van der Waals surface area contributed by atoms with Gasteiger partial charge in [0.1, 0.15) is 0 Å². The van der Waals surface area contributed by atoms with Crippen molar-refractivity contribution >= 4 is 12.6 Å². The lowest BCUT2D eigenvalue weighted by Gasteiger charge is -1.99. The van der Waals surface area contributed by atoms with E-state index in [1.165, 1.54) is 11.1 Å². The maximum Gasteiger partial charge on any atom is 0.00985 e. The molecule has 0 fully saturated rings. The van der Waals surface area contributed by atoms with Crippen LogP contribution in [0.25, 0.3) is 0 Å². The van der Waals surface area contributed by atoms with E-state index in [2.05, 4.69) is 38.6 Å². The number of thiol groups is 1. The van der Waals surface area contributed by atoms with E-state index < -0.39 is 0 Å². The zero-order valence-electron chi connectivity index (χ0n) is 7.68. The Hall–Kier alpha value is -0.430. The normalized spacial score (nSPS) is 8.45. The Morgan fingerprint density at radius 3 is 1.64 bits per heavy atom. The Morgan fingerprint density at radius 1 is 1.00 bits per heavy atom. The fraction of sp³-hybridized carbons (Fsp3) is 0.400. The highest BCUT2D eigenvalue weighted by atomic mass is 32.1. The molecule has 0 amide bonds. The number of hydrogen-bond acceptors (Lipinski definition) is 1. The molecule has 0 bridgehead atoms. The number of benzene rings is 1. The standard InChI is InChI=1S/C8H10S.C2H6/c1-6-4-3-5-7(2)8(6)9;1-2/h3-5,9H,1-2H3;1-2H3. The van der Waals surface area contributed by atoms with Crippen molar-refractivity contribution < 1.29 is 0 Å². The van der Waals surface area contributed by atoms with Crippen LogP contribution in [-0.2, 0) is 0 Å². The van der Waals surface area contributed by atoms with E-state index in [4.69, 9.17) is 0 Å². The minimum Gasteiger partial charge on any atom is -0.143 e. The van der Waals surface area contributed by atoms with Crippen molar-refractivity contribution in [1.29, 1.82) is 0 Å². The molecular formula is C10H16S. The van der Waals surface area contributed by atoms with Gasteiger partial charge in [0, 0.05) is 4.90 Å². The maximum atomic E-state index is 4.31. The van der Waals surface area contributed by atoms with E-state index in [1.807, 2.05) is 19.9 Å². The third kappa shape index (κ3) is 2.98. The molecule has 0 N–H and O–H groups in total. The van der Waals surface area contributed by atoms with Crippen molar-refractivity contribution in [3.05, 3.63) is 29.3 Å². The van der Waals surface area contributed by atoms with Crippen molar-refractivity contribution in [3.8, 4) is 0 Å². The second kappa shape index (κ2) is 5.25. The number of hydrogen-bond donors (Lipinski definition) is 1. The van der Waals surface area contributed by atoms with Crippen LogP contribution < -0.4 is 0 Å². The Balaban J connectivity index is 0.000000461. The lowest BCUT2D eigenvalue weighted by Crippen LogP contribution is -1.78. The summed E-state index contributed by atoms with van der Waals surface area (Å²) in [6.07, 6.45) is 0. The monoisotopic (exact) mass is 168 g/mol. The summed E-state index contributed by atoms with van der Waals surface area (Å²) < 4.78 is 0. The van der Waals surface area contributed by atoms with Crippen molar-refractivity contribution in [3.63, 3.8) is 0 Å². The van der Waals surface area contributed by atoms with Crippen LogP contribution in [0.4, 0.5) is 0 Å². The average Bonchev–Trinajstić information content (AvgIpc) is 2.04. The van der Waals surface area contributed by atoms with Crippen LogP contribution in [0.3, 0.4) is 0 Å². The Bertz CT molecular complexity index is 196. The van der Waals surface area contributed by atoms with Gasteiger partial charge < -0.3 is 0 Å². The van der Waals surface area contributed by atoms with Crippen LogP contribution >= 0.6 is 12.6 Å². The first kappa shape index (κ1) is 10.6. The molecule has 0 aliphatic carbocycles. The van der Waals surface area contributed by atoms with Gasteiger partial charge in [0.05, 0.1) is 0 Å². The smallest absolute Gasteiger partial charge is 0.00985 e. The molecule has 1 rings (SSSR count). The van der Waals surface area contributed by atoms with Gasteiger partial charge in [-0.25, -0.2) is 0 Å². The fourth-order valence-corrected chi connectivity index (χ4v) is 0.955. The van der Waals surface area contributed by atoms with Gasteiger partial charge in [-0.05, 0) is 25.0 Å². The molecule has 11 heavy (non-hydrogen) atoms. The Labute approximate surface area is 75.1 Å². The van der Waals surface area contributed by atoms with Gasteiger partial charge in [0.15, 0.2) is 0 Å². The molecule has 1 aromatic rings. The third-order valence-electron chi connectivity index (χ3n) is 1.44. The number of aryl methyl sites for hydroxylation is 2. The zero-order chi connectivity index (χ0) is 8.85. The summed E-state index contributed by atoms with van der Waals surface area (Å²) in [5.41, 5.74) is 2.50.